The number of rotatable bonds is 7. The quantitative estimate of drug-likeness (QED) is 0.545. The van der Waals surface area contributed by atoms with E-state index in [-0.39, 0.29) is 17.3 Å². The van der Waals surface area contributed by atoms with E-state index in [9.17, 15) is 9.59 Å². The smallest absolute Gasteiger partial charge is 0.341 e. The summed E-state index contributed by atoms with van der Waals surface area (Å²) in [4.78, 5) is 24.0. The number of ether oxygens (including phenoxy) is 2. The number of carbonyl (C=O) groups is 2. The van der Waals surface area contributed by atoms with Gasteiger partial charge in [-0.25, -0.2) is 4.79 Å². The first-order valence-corrected chi connectivity index (χ1v) is 8.15. The summed E-state index contributed by atoms with van der Waals surface area (Å²) >= 11 is 0. The van der Waals surface area contributed by atoms with Crippen LogP contribution < -0.4 is 0 Å². The lowest BCUT2D eigenvalue weighted by molar-refractivity contribution is -0.173. The highest BCUT2D eigenvalue weighted by atomic mass is 16.7. The number of hydrogen-bond donors (Lipinski definition) is 0. The van der Waals surface area contributed by atoms with Gasteiger partial charge in [-0.05, 0) is 30.4 Å². The highest BCUT2D eigenvalue weighted by molar-refractivity contribution is 5.89. The number of hydrogen-bond acceptors (Lipinski definition) is 4. The second kappa shape index (κ2) is 8.70. The third-order valence-electron chi connectivity index (χ3n) is 3.33. The van der Waals surface area contributed by atoms with E-state index in [4.69, 9.17) is 9.47 Å². The van der Waals surface area contributed by atoms with Crippen LogP contribution in [0.2, 0.25) is 0 Å². The maximum Gasteiger partial charge on any atom is 0.341 e. The minimum atomic E-state index is -0.833. The van der Waals surface area contributed by atoms with Gasteiger partial charge in [0.1, 0.15) is 0 Å². The summed E-state index contributed by atoms with van der Waals surface area (Å²) in [6.45, 7) is 9.97. The lowest BCUT2D eigenvalue weighted by Crippen LogP contribution is -2.27. The Bertz CT molecular complexity index is 500. The molecular weight excluding hydrogens is 292 g/mol. The van der Waals surface area contributed by atoms with Crippen LogP contribution in [-0.2, 0) is 14.3 Å². The Kier molecular flexibility index (Phi) is 7.27. The molecule has 0 aliphatic rings. The van der Waals surface area contributed by atoms with Gasteiger partial charge in [0.2, 0.25) is 6.29 Å². The fourth-order valence-electron chi connectivity index (χ4n) is 1.97. The number of benzene rings is 1. The van der Waals surface area contributed by atoms with E-state index < -0.39 is 12.3 Å². The van der Waals surface area contributed by atoms with E-state index in [1.165, 1.54) is 0 Å². The Hall–Kier alpha value is -1.84. The van der Waals surface area contributed by atoms with Crippen molar-refractivity contribution in [3.8, 4) is 0 Å². The van der Waals surface area contributed by atoms with Crippen molar-refractivity contribution in [2.75, 3.05) is 0 Å². The summed E-state index contributed by atoms with van der Waals surface area (Å²) < 4.78 is 10.7. The molecule has 0 bridgehead atoms. The largest absolute Gasteiger partial charge is 0.425 e. The van der Waals surface area contributed by atoms with Gasteiger partial charge >= 0.3 is 11.9 Å². The predicted octanol–water partition coefficient (Wildman–Crippen LogP) is 4.59. The van der Waals surface area contributed by atoms with E-state index in [0.29, 0.717) is 12.0 Å². The summed E-state index contributed by atoms with van der Waals surface area (Å²) in [6, 6.07) is 8.73. The average molecular weight is 320 g/mol. The Labute approximate surface area is 139 Å². The normalized spacial score (nSPS) is 12.8. The molecule has 1 unspecified atom stereocenters. The first kappa shape index (κ1) is 19.2. The highest BCUT2D eigenvalue weighted by Crippen LogP contribution is 2.23. The zero-order valence-corrected chi connectivity index (χ0v) is 14.8. The van der Waals surface area contributed by atoms with Gasteiger partial charge in [0.25, 0.3) is 0 Å². The van der Waals surface area contributed by atoms with Gasteiger partial charge < -0.3 is 9.47 Å². The minimum absolute atomic E-state index is 0.191. The van der Waals surface area contributed by atoms with Gasteiger partial charge in [-0.1, -0.05) is 52.8 Å². The van der Waals surface area contributed by atoms with E-state index >= 15 is 0 Å². The third kappa shape index (κ3) is 7.82. The standard InChI is InChI=1S/C19H28O4/c1-14(2)17(20)22-16(12-9-13-19(3,4)5)23-18(21)15-10-7-6-8-11-15/h6-8,10-11,14,16H,9,12-13H2,1-5H3. The SMILES string of the molecule is CC(C)C(=O)OC(CCCC(C)(C)C)OC(=O)c1ccccc1. The van der Waals surface area contributed by atoms with Crippen molar-refractivity contribution in [3.63, 3.8) is 0 Å². The average Bonchev–Trinajstić information content (AvgIpc) is 2.46. The van der Waals surface area contributed by atoms with Crippen LogP contribution in [0.15, 0.2) is 30.3 Å². The van der Waals surface area contributed by atoms with E-state index in [2.05, 4.69) is 20.8 Å². The summed E-state index contributed by atoms with van der Waals surface area (Å²) in [5, 5.41) is 0. The fourth-order valence-corrected chi connectivity index (χ4v) is 1.97. The zero-order chi connectivity index (χ0) is 17.5. The Morgan fingerprint density at radius 3 is 2.17 bits per heavy atom. The molecule has 0 amide bonds. The molecule has 0 N–H and O–H groups in total. The topological polar surface area (TPSA) is 52.6 Å². The first-order chi connectivity index (χ1) is 10.7. The fraction of sp³-hybridized carbons (Fsp3) is 0.579. The maximum atomic E-state index is 12.2. The monoisotopic (exact) mass is 320 g/mol. The molecule has 0 aromatic heterocycles. The zero-order valence-electron chi connectivity index (χ0n) is 14.8. The van der Waals surface area contributed by atoms with Gasteiger partial charge in [-0.3, -0.25) is 4.79 Å². The molecule has 0 radical (unpaired) electrons. The second-order valence-corrected chi connectivity index (χ2v) is 7.25. The molecule has 4 heteroatoms. The second-order valence-electron chi connectivity index (χ2n) is 7.25. The molecule has 0 saturated carbocycles. The predicted molar refractivity (Wildman–Crippen MR) is 89.9 cm³/mol. The van der Waals surface area contributed by atoms with Crippen molar-refractivity contribution < 1.29 is 19.1 Å². The molecule has 128 valence electrons. The van der Waals surface area contributed by atoms with Crippen LogP contribution >= 0.6 is 0 Å². The molecule has 1 aromatic carbocycles. The van der Waals surface area contributed by atoms with Gasteiger partial charge in [-0.2, -0.15) is 0 Å². The Balaban J connectivity index is 2.66. The Morgan fingerprint density at radius 2 is 1.65 bits per heavy atom. The molecule has 0 fully saturated rings. The van der Waals surface area contributed by atoms with Gasteiger partial charge in [0, 0.05) is 6.42 Å². The van der Waals surface area contributed by atoms with E-state index in [1.54, 1.807) is 38.1 Å². The van der Waals surface area contributed by atoms with Crippen molar-refractivity contribution in [2.24, 2.45) is 11.3 Å². The summed E-state index contributed by atoms with van der Waals surface area (Å²) in [6.07, 6.45) is 1.46. The number of carbonyl (C=O) groups excluding carboxylic acids is 2. The van der Waals surface area contributed by atoms with Crippen LogP contribution in [0.1, 0.15) is 64.2 Å². The highest BCUT2D eigenvalue weighted by Gasteiger charge is 2.22. The van der Waals surface area contributed by atoms with E-state index in [1.807, 2.05) is 6.07 Å². The first-order valence-electron chi connectivity index (χ1n) is 8.15. The van der Waals surface area contributed by atoms with Gasteiger partial charge in [-0.15, -0.1) is 0 Å². The molecule has 1 aromatic rings. The van der Waals surface area contributed by atoms with Crippen LogP contribution in [0.5, 0.6) is 0 Å². The minimum Gasteiger partial charge on any atom is -0.425 e. The Morgan fingerprint density at radius 1 is 1.04 bits per heavy atom. The molecule has 0 aliphatic heterocycles. The summed E-state index contributed by atoms with van der Waals surface area (Å²) in [5.41, 5.74) is 0.643. The molecule has 1 atom stereocenters. The van der Waals surface area contributed by atoms with Crippen LogP contribution in [0.4, 0.5) is 0 Å². The molecule has 0 aliphatic carbocycles. The van der Waals surface area contributed by atoms with Crippen LogP contribution in [0.25, 0.3) is 0 Å². The molecule has 1 rings (SSSR count). The van der Waals surface area contributed by atoms with Crippen LogP contribution in [0.3, 0.4) is 0 Å². The molecule has 0 saturated heterocycles. The lowest BCUT2D eigenvalue weighted by Gasteiger charge is -2.22. The molecule has 23 heavy (non-hydrogen) atoms. The van der Waals surface area contributed by atoms with Crippen molar-refractivity contribution >= 4 is 11.9 Å². The molecule has 0 spiro atoms. The molecular formula is C19H28O4. The third-order valence-corrected chi connectivity index (χ3v) is 3.33. The number of esters is 2. The molecule has 0 heterocycles. The lowest BCUT2D eigenvalue weighted by atomic mass is 9.90. The van der Waals surface area contributed by atoms with Crippen molar-refractivity contribution in [1.29, 1.82) is 0 Å². The van der Waals surface area contributed by atoms with Crippen molar-refractivity contribution in [3.05, 3.63) is 35.9 Å². The summed E-state index contributed by atoms with van der Waals surface area (Å²) in [5.74, 6) is -1.08. The van der Waals surface area contributed by atoms with Crippen molar-refractivity contribution in [1.82, 2.24) is 0 Å². The maximum absolute atomic E-state index is 12.2. The van der Waals surface area contributed by atoms with E-state index in [0.717, 1.165) is 12.8 Å². The summed E-state index contributed by atoms with van der Waals surface area (Å²) in [7, 11) is 0. The van der Waals surface area contributed by atoms with Crippen molar-refractivity contribution in [2.45, 2.75) is 60.2 Å². The van der Waals surface area contributed by atoms with Crippen LogP contribution in [-0.4, -0.2) is 18.2 Å². The molecule has 4 nitrogen and oxygen atoms in total. The van der Waals surface area contributed by atoms with Crippen LogP contribution in [0, 0.1) is 11.3 Å². The van der Waals surface area contributed by atoms with Gasteiger partial charge in [0.05, 0.1) is 11.5 Å². The van der Waals surface area contributed by atoms with Gasteiger partial charge in [0.15, 0.2) is 0 Å².